The van der Waals surface area contributed by atoms with Gasteiger partial charge >= 0.3 is 0 Å². The van der Waals surface area contributed by atoms with E-state index in [9.17, 15) is 4.79 Å². The Bertz CT molecular complexity index is 173. The molecular weight excluding hydrogens is 156 g/mol. The second-order valence-electron chi connectivity index (χ2n) is 3.43. The van der Waals surface area contributed by atoms with Crippen molar-refractivity contribution < 1.29 is 14.3 Å². The van der Waals surface area contributed by atoms with E-state index in [1.54, 1.807) is 0 Å². The zero-order valence-corrected chi connectivity index (χ0v) is 7.12. The highest BCUT2D eigenvalue weighted by atomic mass is 16.7. The molecule has 1 heterocycles. The molecule has 1 unspecified atom stereocenters. The van der Waals surface area contributed by atoms with Gasteiger partial charge in [0.15, 0.2) is 6.29 Å². The molecule has 0 aromatic heterocycles. The summed E-state index contributed by atoms with van der Waals surface area (Å²) in [5, 5.41) is 0. The second kappa shape index (κ2) is 3.54. The smallest absolute Gasteiger partial charge is 0.167 e. The number of carbonyl (C=O) groups excluding carboxylic acids is 1. The minimum Gasteiger partial charge on any atom is -0.352 e. The number of ketones is 1. The normalized spacial score (nSPS) is 32.7. The summed E-state index contributed by atoms with van der Waals surface area (Å²) in [5.41, 5.74) is 0. The monoisotopic (exact) mass is 170 g/mol. The molecular formula is C9H14O3. The van der Waals surface area contributed by atoms with Gasteiger partial charge in [0.2, 0.25) is 0 Å². The summed E-state index contributed by atoms with van der Waals surface area (Å²) in [7, 11) is 0. The Balaban J connectivity index is 1.93. The van der Waals surface area contributed by atoms with Gasteiger partial charge in [-0.3, -0.25) is 4.79 Å². The van der Waals surface area contributed by atoms with Crippen molar-refractivity contribution >= 4 is 5.78 Å². The van der Waals surface area contributed by atoms with E-state index in [1.807, 2.05) is 0 Å². The Morgan fingerprint density at radius 3 is 2.50 bits per heavy atom. The highest BCUT2D eigenvalue weighted by molar-refractivity contribution is 5.83. The molecule has 0 N–H and O–H groups in total. The molecule has 2 fully saturated rings. The van der Waals surface area contributed by atoms with Crippen LogP contribution in [0.4, 0.5) is 0 Å². The van der Waals surface area contributed by atoms with Crippen LogP contribution in [0.3, 0.4) is 0 Å². The molecule has 12 heavy (non-hydrogen) atoms. The van der Waals surface area contributed by atoms with Gasteiger partial charge in [-0.1, -0.05) is 0 Å². The third-order valence-electron chi connectivity index (χ3n) is 2.53. The minimum absolute atomic E-state index is 0.0327. The van der Waals surface area contributed by atoms with Crippen molar-refractivity contribution in [1.82, 2.24) is 0 Å². The van der Waals surface area contributed by atoms with E-state index >= 15 is 0 Å². The van der Waals surface area contributed by atoms with Gasteiger partial charge in [-0.05, 0) is 19.3 Å². The van der Waals surface area contributed by atoms with Crippen molar-refractivity contribution in [1.29, 1.82) is 0 Å². The summed E-state index contributed by atoms with van der Waals surface area (Å²) in [6, 6.07) is 0. The van der Waals surface area contributed by atoms with Crippen LogP contribution < -0.4 is 0 Å². The second-order valence-corrected chi connectivity index (χ2v) is 3.43. The van der Waals surface area contributed by atoms with Crippen LogP contribution in [0.15, 0.2) is 0 Å². The Kier molecular flexibility index (Phi) is 2.42. The molecule has 68 valence electrons. The van der Waals surface area contributed by atoms with Crippen LogP contribution in [-0.2, 0) is 14.3 Å². The van der Waals surface area contributed by atoms with Crippen LogP contribution in [0.1, 0.15) is 25.7 Å². The van der Waals surface area contributed by atoms with Crippen LogP contribution in [0.2, 0.25) is 0 Å². The Morgan fingerprint density at radius 2 is 1.92 bits per heavy atom. The lowest BCUT2D eigenvalue weighted by Crippen LogP contribution is -2.34. The lowest BCUT2D eigenvalue weighted by molar-refractivity contribution is -0.202. The van der Waals surface area contributed by atoms with E-state index in [2.05, 4.69) is 0 Å². The zero-order chi connectivity index (χ0) is 8.39. The van der Waals surface area contributed by atoms with Crippen LogP contribution in [0.5, 0.6) is 0 Å². The molecule has 0 aromatic rings. The highest BCUT2D eigenvalue weighted by Crippen LogP contribution is 2.28. The van der Waals surface area contributed by atoms with Gasteiger partial charge in [0.25, 0.3) is 0 Å². The summed E-state index contributed by atoms with van der Waals surface area (Å²) >= 11 is 0. The summed E-state index contributed by atoms with van der Waals surface area (Å²) in [6.07, 6.45) is 3.40. The van der Waals surface area contributed by atoms with Crippen molar-refractivity contribution in [2.75, 3.05) is 13.2 Å². The van der Waals surface area contributed by atoms with Gasteiger partial charge < -0.3 is 9.47 Å². The van der Waals surface area contributed by atoms with Crippen LogP contribution in [0.25, 0.3) is 0 Å². The average Bonchev–Trinajstić information content (AvgIpc) is 2.53. The first-order valence-electron chi connectivity index (χ1n) is 4.64. The molecule has 2 aliphatic rings. The predicted octanol–water partition coefficient (Wildman–Crippen LogP) is 1.12. The van der Waals surface area contributed by atoms with Gasteiger partial charge in [0, 0.05) is 6.42 Å². The molecule has 3 heteroatoms. The average molecular weight is 170 g/mol. The minimum atomic E-state index is -0.228. The third-order valence-corrected chi connectivity index (χ3v) is 2.53. The molecule has 1 atom stereocenters. The van der Waals surface area contributed by atoms with Crippen molar-refractivity contribution in [3.8, 4) is 0 Å². The number of hydrogen-bond acceptors (Lipinski definition) is 3. The summed E-state index contributed by atoms with van der Waals surface area (Å²) in [4.78, 5) is 11.3. The van der Waals surface area contributed by atoms with Gasteiger partial charge in [-0.2, -0.15) is 0 Å². The van der Waals surface area contributed by atoms with E-state index < -0.39 is 0 Å². The summed E-state index contributed by atoms with van der Waals surface area (Å²) in [5.74, 6) is 0.354. The van der Waals surface area contributed by atoms with Crippen LogP contribution in [0, 0.1) is 5.92 Å². The SMILES string of the molecule is O=C1CCCC1C1OCCCO1. The number of rotatable bonds is 1. The molecule has 0 bridgehead atoms. The molecule has 0 aromatic carbocycles. The van der Waals surface area contributed by atoms with Gasteiger partial charge in [0.05, 0.1) is 19.1 Å². The maximum atomic E-state index is 11.3. The molecule has 2 rings (SSSR count). The third kappa shape index (κ3) is 1.52. The molecule has 1 saturated heterocycles. The molecule has 3 nitrogen and oxygen atoms in total. The molecule has 0 radical (unpaired) electrons. The zero-order valence-electron chi connectivity index (χ0n) is 7.12. The van der Waals surface area contributed by atoms with Crippen LogP contribution >= 0.6 is 0 Å². The van der Waals surface area contributed by atoms with Crippen molar-refractivity contribution in [2.45, 2.75) is 32.0 Å². The highest BCUT2D eigenvalue weighted by Gasteiger charge is 2.34. The van der Waals surface area contributed by atoms with E-state index in [0.29, 0.717) is 12.2 Å². The van der Waals surface area contributed by atoms with E-state index in [4.69, 9.17) is 9.47 Å². The van der Waals surface area contributed by atoms with Gasteiger partial charge in [-0.25, -0.2) is 0 Å². The number of hydrogen-bond donors (Lipinski definition) is 0. The van der Waals surface area contributed by atoms with E-state index in [1.165, 1.54) is 0 Å². The van der Waals surface area contributed by atoms with Crippen LogP contribution in [-0.4, -0.2) is 25.3 Å². The first kappa shape index (κ1) is 8.20. The quantitative estimate of drug-likeness (QED) is 0.591. The lowest BCUT2D eigenvalue weighted by Gasteiger charge is -2.26. The molecule has 1 aliphatic carbocycles. The fraction of sp³-hybridized carbons (Fsp3) is 0.889. The Hall–Kier alpha value is -0.410. The van der Waals surface area contributed by atoms with Crippen molar-refractivity contribution in [3.05, 3.63) is 0 Å². The maximum absolute atomic E-state index is 11.3. The van der Waals surface area contributed by atoms with E-state index in [0.717, 1.165) is 32.5 Å². The van der Waals surface area contributed by atoms with Crippen molar-refractivity contribution in [3.63, 3.8) is 0 Å². The standard InChI is InChI=1S/C9H14O3/c10-8-4-1-3-7(8)9-11-5-2-6-12-9/h7,9H,1-6H2. The molecule has 1 saturated carbocycles. The number of carbonyl (C=O) groups is 1. The van der Waals surface area contributed by atoms with Gasteiger partial charge in [-0.15, -0.1) is 0 Å². The first-order chi connectivity index (χ1) is 5.88. The Morgan fingerprint density at radius 1 is 1.17 bits per heavy atom. The summed E-state index contributed by atoms with van der Waals surface area (Å²) < 4.78 is 10.8. The fourth-order valence-electron chi connectivity index (χ4n) is 1.87. The maximum Gasteiger partial charge on any atom is 0.167 e. The molecule has 0 spiro atoms. The lowest BCUT2D eigenvalue weighted by atomic mass is 10.1. The molecule has 1 aliphatic heterocycles. The largest absolute Gasteiger partial charge is 0.352 e. The summed E-state index contributed by atoms with van der Waals surface area (Å²) in [6.45, 7) is 1.49. The molecule has 0 amide bonds. The van der Waals surface area contributed by atoms with E-state index in [-0.39, 0.29) is 12.2 Å². The topological polar surface area (TPSA) is 35.5 Å². The fourth-order valence-corrected chi connectivity index (χ4v) is 1.87. The Labute approximate surface area is 72.0 Å². The number of Topliss-reactive ketones (excluding diaryl/α,β-unsaturated/α-hetero) is 1. The van der Waals surface area contributed by atoms with Crippen molar-refractivity contribution in [2.24, 2.45) is 5.92 Å². The first-order valence-corrected chi connectivity index (χ1v) is 4.64. The predicted molar refractivity (Wildman–Crippen MR) is 42.7 cm³/mol. The van der Waals surface area contributed by atoms with Gasteiger partial charge in [0.1, 0.15) is 5.78 Å². The number of ether oxygens (including phenoxy) is 2.